The van der Waals surface area contributed by atoms with Crippen LogP contribution >= 0.6 is 0 Å². The van der Waals surface area contributed by atoms with E-state index in [1.807, 2.05) is 44.2 Å². The quantitative estimate of drug-likeness (QED) is 0.224. The van der Waals surface area contributed by atoms with Crippen LogP contribution in [0.1, 0.15) is 59.4 Å². The standard InChI is InChI=1S/C30H36N4O6/c1-19(2)18-30(14-16-33(29(30)39)24(26(36)31-3)17-20-9-5-4-6-10-20)23(25(35)32-40)13-15-34-27(37)21-11-7-8-12-22(21)28(34)38/h4-12,19,23-24,40H,13-18H2,1-3H3,(H,31,36)(H,32,35)/t23-,24-,30-/m1/s1. The lowest BCUT2D eigenvalue weighted by atomic mass is 9.67. The molecule has 1 fully saturated rings. The van der Waals surface area contributed by atoms with Crippen molar-refractivity contribution in [3.8, 4) is 0 Å². The number of hydrogen-bond acceptors (Lipinski definition) is 6. The Labute approximate surface area is 233 Å². The molecule has 3 N–H and O–H groups in total. The van der Waals surface area contributed by atoms with Crippen LogP contribution in [0.15, 0.2) is 54.6 Å². The Morgan fingerprint density at radius 1 is 0.950 bits per heavy atom. The summed E-state index contributed by atoms with van der Waals surface area (Å²) in [6.07, 6.45) is 0.893. The van der Waals surface area contributed by atoms with Gasteiger partial charge in [-0.3, -0.25) is 34.1 Å². The zero-order chi connectivity index (χ0) is 29.0. The molecule has 0 radical (unpaired) electrons. The summed E-state index contributed by atoms with van der Waals surface area (Å²) in [6.45, 7) is 4.03. The molecule has 0 spiro atoms. The Morgan fingerprint density at radius 2 is 1.55 bits per heavy atom. The SMILES string of the molecule is CNC(=O)[C@@H](Cc1ccccc1)N1CC[C@@](CC(C)C)([C@H](CCN2C(=O)c3ccccc3C2=O)C(=O)NO)C1=O. The van der Waals surface area contributed by atoms with Crippen molar-refractivity contribution in [3.63, 3.8) is 0 Å². The van der Waals surface area contributed by atoms with Crippen LogP contribution in [0.2, 0.25) is 0 Å². The Balaban J connectivity index is 1.64. The Kier molecular flexibility index (Phi) is 8.68. The van der Waals surface area contributed by atoms with Crippen molar-refractivity contribution in [3.05, 3.63) is 71.3 Å². The number of benzene rings is 2. The monoisotopic (exact) mass is 548 g/mol. The summed E-state index contributed by atoms with van der Waals surface area (Å²) < 4.78 is 0. The van der Waals surface area contributed by atoms with Crippen molar-refractivity contribution >= 4 is 29.5 Å². The van der Waals surface area contributed by atoms with E-state index in [4.69, 9.17) is 0 Å². The van der Waals surface area contributed by atoms with E-state index in [0.29, 0.717) is 24.0 Å². The molecule has 2 aromatic carbocycles. The summed E-state index contributed by atoms with van der Waals surface area (Å²) in [7, 11) is 1.52. The van der Waals surface area contributed by atoms with Gasteiger partial charge in [-0.15, -0.1) is 0 Å². The van der Waals surface area contributed by atoms with E-state index in [9.17, 15) is 29.2 Å². The van der Waals surface area contributed by atoms with Crippen molar-refractivity contribution in [2.24, 2.45) is 17.3 Å². The van der Waals surface area contributed by atoms with Crippen LogP contribution in [0.3, 0.4) is 0 Å². The maximum Gasteiger partial charge on any atom is 0.261 e. The third kappa shape index (κ3) is 5.36. The molecule has 10 heteroatoms. The highest BCUT2D eigenvalue weighted by Gasteiger charge is 2.56. The number of fused-ring (bicyclic) bond motifs is 1. The molecular formula is C30H36N4O6. The maximum atomic E-state index is 14.3. The lowest BCUT2D eigenvalue weighted by Crippen LogP contribution is -2.53. The Bertz CT molecular complexity index is 1260. The van der Waals surface area contributed by atoms with Gasteiger partial charge >= 0.3 is 0 Å². The van der Waals surface area contributed by atoms with E-state index in [2.05, 4.69) is 5.32 Å². The number of nitrogens with one attached hydrogen (secondary N) is 2. The molecule has 0 aromatic heterocycles. The van der Waals surface area contributed by atoms with Crippen LogP contribution in [0.25, 0.3) is 0 Å². The molecule has 2 aliphatic rings. The molecule has 2 heterocycles. The molecule has 1 saturated heterocycles. The zero-order valence-electron chi connectivity index (χ0n) is 23.1. The second kappa shape index (κ2) is 12.0. The van der Waals surface area contributed by atoms with E-state index >= 15 is 0 Å². The summed E-state index contributed by atoms with van der Waals surface area (Å²) in [5.41, 5.74) is 1.96. The van der Waals surface area contributed by atoms with Gasteiger partial charge in [0.2, 0.25) is 17.7 Å². The Morgan fingerprint density at radius 3 is 2.10 bits per heavy atom. The highest BCUT2D eigenvalue weighted by atomic mass is 16.5. The average molecular weight is 549 g/mol. The molecule has 10 nitrogen and oxygen atoms in total. The second-order valence-electron chi connectivity index (χ2n) is 10.9. The minimum absolute atomic E-state index is 0.00442. The number of amides is 5. The summed E-state index contributed by atoms with van der Waals surface area (Å²) >= 11 is 0. The number of likely N-dealkylation sites (tertiary alicyclic amines) is 1. The van der Waals surface area contributed by atoms with Gasteiger partial charge in [0.25, 0.3) is 11.8 Å². The number of hydroxylamine groups is 1. The Hall–Kier alpha value is -4.05. The van der Waals surface area contributed by atoms with Crippen LogP contribution in [0.5, 0.6) is 0 Å². The fourth-order valence-electron chi connectivity index (χ4n) is 6.28. The lowest BCUT2D eigenvalue weighted by molar-refractivity contribution is -0.152. The van der Waals surface area contributed by atoms with Gasteiger partial charge in [-0.2, -0.15) is 0 Å². The first kappa shape index (κ1) is 28.9. The van der Waals surface area contributed by atoms with Crippen molar-refractivity contribution in [2.45, 2.75) is 45.6 Å². The number of imide groups is 1. The van der Waals surface area contributed by atoms with Gasteiger partial charge in [0, 0.05) is 26.6 Å². The highest BCUT2D eigenvalue weighted by molar-refractivity contribution is 6.21. The van der Waals surface area contributed by atoms with E-state index < -0.39 is 35.1 Å². The average Bonchev–Trinajstić information content (AvgIpc) is 3.40. The van der Waals surface area contributed by atoms with E-state index in [1.165, 1.54) is 11.9 Å². The molecule has 0 bridgehead atoms. The first-order valence-electron chi connectivity index (χ1n) is 13.6. The first-order chi connectivity index (χ1) is 19.1. The molecule has 4 rings (SSSR count). The molecule has 0 aliphatic carbocycles. The van der Waals surface area contributed by atoms with Gasteiger partial charge < -0.3 is 10.2 Å². The summed E-state index contributed by atoms with van der Waals surface area (Å²) in [5.74, 6) is -3.36. The second-order valence-corrected chi connectivity index (χ2v) is 10.9. The molecule has 3 atom stereocenters. The number of rotatable bonds is 11. The normalized spacial score (nSPS) is 20.1. The van der Waals surface area contributed by atoms with Crippen molar-refractivity contribution in [2.75, 3.05) is 20.1 Å². The molecule has 2 aromatic rings. The zero-order valence-corrected chi connectivity index (χ0v) is 23.1. The number of nitrogens with zero attached hydrogens (tertiary/aromatic N) is 2. The minimum Gasteiger partial charge on any atom is -0.357 e. The summed E-state index contributed by atoms with van der Waals surface area (Å²) in [4.78, 5) is 69.1. The molecule has 5 amide bonds. The number of hydrogen-bond donors (Lipinski definition) is 3. The largest absolute Gasteiger partial charge is 0.357 e. The predicted molar refractivity (Wildman–Crippen MR) is 146 cm³/mol. The van der Waals surface area contributed by atoms with Crippen molar-refractivity contribution in [1.29, 1.82) is 0 Å². The highest BCUT2D eigenvalue weighted by Crippen LogP contribution is 2.47. The topological polar surface area (TPSA) is 136 Å². The van der Waals surface area contributed by atoms with Crippen LogP contribution in [-0.2, 0) is 20.8 Å². The van der Waals surface area contributed by atoms with Gasteiger partial charge in [-0.1, -0.05) is 56.3 Å². The van der Waals surface area contributed by atoms with Gasteiger partial charge in [-0.25, -0.2) is 5.48 Å². The maximum absolute atomic E-state index is 14.3. The van der Waals surface area contributed by atoms with E-state index in [0.717, 1.165) is 10.5 Å². The molecule has 0 saturated carbocycles. The fraction of sp³-hybridized carbons (Fsp3) is 0.433. The predicted octanol–water partition coefficient (Wildman–Crippen LogP) is 2.42. The third-order valence-electron chi connectivity index (χ3n) is 8.07. The number of carbonyl (C=O) groups is 5. The first-order valence-corrected chi connectivity index (χ1v) is 13.6. The van der Waals surface area contributed by atoms with Crippen LogP contribution in [-0.4, -0.2) is 70.7 Å². The van der Waals surface area contributed by atoms with Gasteiger partial charge in [-0.05, 0) is 42.9 Å². The van der Waals surface area contributed by atoms with E-state index in [1.54, 1.807) is 29.7 Å². The van der Waals surface area contributed by atoms with Crippen LogP contribution < -0.4 is 10.8 Å². The van der Waals surface area contributed by atoms with Crippen molar-refractivity contribution in [1.82, 2.24) is 20.6 Å². The third-order valence-corrected chi connectivity index (χ3v) is 8.07. The van der Waals surface area contributed by atoms with Crippen LogP contribution in [0.4, 0.5) is 0 Å². The number of carbonyl (C=O) groups excluding carboxylic acids is 5. The van der Waals surface area contributed by atoms with Gasteiger partial charge in [0.05, 0.1) is 22.5 Å². The summed E-state index contributed by atoms with van der Waals surface area (Å²) in [5, 5.41) is 12.4. The lowest BCUT2D eigenvalue weighted by Gasteiger charge is -2.37. The smallest absolute Gasteiger partial charge is 0.261 e. The summed E-state index contributed by atoms with van der Waals surface area (Å²) in [6, 6.07) is 15.1. The molecule has 212 valence electrons. The van der Waals surface area contributed by atoms with E-state index in [-0.39, 0.29) is 43.7 Å². The van der Waals surface area contributed by atoms with Gasteiger partial charge in [0.1, 0.15) is 6.04 Å². The van der Waals surface area contributed by atoms with Gasteiger partial charge in [0.15, 0.2) is 0 Å². The van der Waals surface area contributed by atoms with Crippen molar-refractivity contribution < 1.29 is 29.2 Å². The fourth-order valence-corrected chi connectivity index (χ4v) is 6.28. The molecule has 2 aliphatic heterocycles. The molecule has 0 unspecified atom stereocenters. The number of likely N-dealkylation sites (N-methyl/N-ethyl adjacent to an activating group) is 1. The van der Waals surface area contributed by atoms with Crippen LogP contribution in [0, 0.1) is 17.3 Å². The minimum atomic E-state index is -1.23. The molecule has 40 heavy (non-hydrogen) atoms. The molecular weight excluding hydrogens is 512 g/mol.